The maximum absolute atomic E-state index is 9.00. The van der Waals surface area contributed by atoms with Crippen LogP contribution in [0.25, 0.3) is 0 Å². The van der Waals surface area contributed by atoms with E-state index >= 15 is 0 Å². The molecule has 1 N–H and O–H groups in total. The average molecular weight is 272 g/mol. The number of carbonyl (C=O) groups is 1. The van der Waals surface area contributed by atoms with E-state index in [4.69, 9.17) is 29.1 Å². The van der Waals surface area contributed by atoms with Gasteiger partial charge in [-0.3, -0.25) is 4.79 Å². The van der Waals surface area contributed by atoms with Gasteiger partial charge in [-0.15, -0.1) is 0 Å². The molecule has 0 radical (unpaired) electrons. The molecule has 0 amide bonds. The van der Waals surface area contributed by atoms with Gasteiger partial charge >= 0.3 is 154 Å². The van der Waals surface area contributed by atoms with Crippen LogP contribution in [0.3, 0.4) is 0 Å². The van der Waals surface area contributed by atoms with Gasteiger partial charge in [-0.25, -0.2) is 0 Å². The monoisotopic (exact) mass is 272 g/mol. The summed E-state index contributed by atoms with van der Waals surface area (Å²) in [6.07, 6.45) is 0. The summed E-state index contributed by atoms with van der Waals surface area (Å²) in [5, 5.41) is 7.42. The van der Waals surface area contributed by atoms with E-state index < -0.39 is 13.8 Å². The SMILES string of the molecule is CC(=O)O.O=P([O-])([O-])[O-].[K+].[K+].[K+]. The van der Waals surface area contributed by atoms with Gasteiger partial charge < -0.3 is 24.4 Å². The molecule has 0 aromatic heterocycles. The van der Waals surface area contributed by atoms with Crippen molar-refractivity contribution in [2.45, 2.75) is 6.92 Å². The van der Waals surface area contributed by atoms with Crippen LogP contribution in [0.2, 0.25) is 0 Å². The second kappa shape index (κ2) is 17.9. The Morgan fingerprint density at radius 1 is 1.17 bits per heavy atom. The molecule has 0 unspecified atom stereocenters. The van der Waals surface area contributed by atoms with Crippen LogP contribution in [0.4, 0.5) is 0 Å². The van der Waals surface area contributed by atoms with E-state index in [1.54, 1.807) is 0 Å². The van der Waals surface area contributed by atoms with E-state index in [1.807, 2.05) is 0 Å². The first-order chi connectivity index (χ1) is 3.73. The third-order valence-corrected chi connectivity index (χ3v) is 0. The number of phosphoric acid groups is 1. The van der Waals surface area contributed by atoms with E-state index in [1.165, 1.54) is 0 Å². The predicted molar refractivity (Wildman–Crippen MR) is 20.9 cm³/mol. The summed E-state index contributed by atoms with van der Waals surface area (Å²) >= 11 is 0. The van der Waals surface area contributed by atoms with Crippen LogP contribution >= 0.6 is 7.82 Å². The van der Waals surface area contributed by atoms with Gasteiger partial charge in [0.25, 0.3) is 5.97 Å². The van der Waals surface area contributed by atoms with Gasteiger partial charge in [-0.1, -0.05) is 0 Å². The minimum Gasteiger partial charge on any atom is -0.822 e. The van der Waals surface area contributed by atoms with Gasteiger partial charge in [0.05, 0.1) is 0 Å². The average Bonchev–Trinajstić information content (AvgIpc) is 1.19. The Morgan fingerprint density at radius 2 is 1.17 bits per heavy atom. The van der Waals surface area contributed by atoms with Crippen molar-refractivity contribution in [2.75, 3.05) is 0 Å². The zero-order chi connectivity index (χ0) is 8.08. The fraction of sp³-hybridized carbons (Fsp3) is 0.500. The predicted octanol–water partition coefficient (Wildman–Crippen LogP) is -11.7. The molecule has 0 fully saturated rings. The fourth-order valence-electron chi connectivity index (χ4n) is 0. The zero-order valence-electron chi connectivity index (χ0n) is 7.44. The summed E-state index contributed by atoms with van der Waals surface area (Å²) < 4.78 is 8.55. The van der Waals surface area contributed by atoms with E-state index in [0.717, 1.165) is 6.92 Å². The number of rotatable bonds is 0. The first-order valence-electron chi connectivity index (χ1n) is 1.66. The number of hydrogen-bond acceptors (Lipinski definition) is 5. The maximum Gasteiger partial charge on any atom is 1.00 e. The number of aliphatic carboxylic acids is 1. The van der Waals surface area contributed by atoms with Crippen LogP contribution in [-0.4, -0.2) is 11.1 Å². The Hall–Kier alpha value is 4.49. The first kappa shape index (κ1) is 30.0. The molecular weight excluding hydrogens is 268 g/mol. The minimum atomic E-state index is -5.39. The summed E-state index contributed by atoms with van der Waals surface area (Å²) in [5.74, 6) is -0.833. The molecule has 0 spiro atoms. The van der Waals surface area contributed by atoms with E-state index in [-0.39, 0.29) is 154 Å². The molecule has 0 atom stereocenters. The minimum absolute atomic E-state index is 0. The van der Waals surface area contributed by atoms with Gasteiger partial charge in [0.1, 0.15) is 0 Å². The molecule has 0 aromatic rings. The van der Waals surface area contributed by atoms with Gasteiger partial charge in [0.2, 0.25) is 0 Å². The Morgan fingerprint density at radius 3 is 1.17 bits per heavy atom. The summed E-state index contributed by atoms with van der Waals surface area (Å²) in [6.45, 7) is 1.08. The topological polar surface area (TPSA) is 124 Å². The molecule has 0 aliphatic heterocycles. The van der Waals surface area contributed by atoms with Gasteiger partial charge in [-0.05, 0) is 0 Å². The van der Waals surface area contributed by atoms with Crippen LogP contribution in [0.5, 0.6) is 0 Å². The Balaban J connectivity index is -0.0000000221. The normalized spacial score (nSPS) is 7.00. The third kappa shape index (κ3) is 131. The number of carboxylic acids is 1. The molecule has 10 heteroatoms. The third-order valence-electron chi connectivity index (χ3n) is 0. The second-order valence-corrected chi connectivity index (χ2v) is 1.86. The van der Waals surface area contributed by atoms with Crippen molar-refractivity contribution in [3.05, 3.63) is 0 Å². The number of carboxylic acid groups (broad SMARTS) is 1. The van der Waals surface area contributed by atoms with Crippen molar-refractivity contribution in [1.82, 2.24) is 0 Å². The van der Waals surface area contributed by atoms with Crippen molar-refractivity contribution in [1.29, 1.82) is 0 Å². The molecular formula is C2H4K3O6P. The van der Waals surface area contributed by atoms with Gasteiger partial charge in [-0.2, -0.15) is 7.82 Å². The molecule has 0 aliphatic rings. The molecule has 56 valence electrons. The van der Waals surface area contributed by atoms with Crippen molar-refractivity contribution in [3.63, 3.8) is 0 Å². The van der Waals surface area contributed by atoms with Crippen LogP contribution in [0.15, 0.2) is 0 Å². The standard InChI is InChI=1S/C2H4O2.3K.H3O4P/c1-2(3)4;;;;1-5(2,3)4/h1H3,(H,3,4);;;;(H3,1,2,3,4)/q;3*+1;/p-3. The van der Waals surface area contributed by atoms with Crippen molar-refractivity contribution in [3.8, 4) is 0 Å². The van der Waals surface area contributed by atoms with E-state index in [0.29, 0.717) is 0 Å². The van der Waals surface area contributed by atoms with E-state index in [9.17, 15) is 0 Å². The molecule has 0 aliphatic carbocycles. The van der Waals surface area contributed by atoms with Crippen LogP contribution < -0.4 is 169 Å². The smallest absolute Gasteiger partial charge is 0.822 e. The molecule has 0 heterocycles. The van der Waals surface area contributed by atoms with Gasteiger partial charge in [0, 0.05) is 6.92 Å². The Labute approximate surface area is 198 Å². The summed E-state index contributed by atoms with van der Waals surface area (Å²) in [4.78, 5) is 34.6. The zero-order valence-corrected chi connectivity index (χ0v) is 17.7. The number of hydrogen-bond donors (Lipinski definition) is 1. The molecule has 0 rings (SSSR count). The fourth-order valence-corrected chi connectivity index (χ4v) is 0. The summed E-state index contributed by atoms with van der Waals surface area (Å²) in [6, 6.07) is 0. The quantitative estimate of drug-likeness (QED) is 0.345. The first-order valence-corrected chi connectivity index (χ1v) is 3.12. The van der Waals surface area contributed by atoms with Crippen LogP contribution in [0, 0.1) is 0 Å². The largest absolute Gasteiger partial charge is 1.00 e. The molecule has 0 aromatic carbocycles. The molecule has 6 nitrogen and oxygen atoms in total. The van der Waals surface area contributed by atoms with Crippen molar-refractivity contribution >= 4 is 13.8 Å². The second-order valence-electron chi connectivity index (χ2n) is 0.966. The molecule has 0 bridgehead atoms. The van der Waals surface area contributed by atoms with Crippen LogP contribution in [0.1, 0.15) is 6.92 Å². The van der Waals surface area contributed by atoms with Crippen molar-refractivity contribution < 1.29 is 183 Å². The Bertz CT molecular complexity index is 120. The van der Waals surface area contributed by atoms with Crippen molar-refractivity contribution in [2.24, 2.45) is 0 Å². The molecule has 0 saturated heterocycles. The maximum atomic E-state index is 9.00. The Kier molecular flexibility index (Phi) is 44.6. The van der Waals surface area contributed by atoms with E-state index in [2.05, 4.69) is 0 Å². The summed E-state index contributed by atoms with van der Waals surface area (Å²) in [5.41, 5.74) is 0. The molecule has 0 saturated carbocycles. The molecule has 12 heavy (non-hydrogen) atoms. The van der Waals surface area contributed by atoms with Crippen LogP contribution in [-0.2, 0) is 9.36 Å². The van der Waals surface area contributed by atoms with Gasteiger partial charge in [0.15, 0.2) is 0 Å². The summed E-state index contributed by atoms with van der Waals surface area (Å²) in [7, 11) is -5.39.